The van der Waals surface area contributed by atoms with Crippen LogP contribution < -0.4 is 5.32 Å². The molecule has 2 nitrogen and oxygen atoms in total. The van der Waals surface area contributed by atoms with Gasteiger partial charge in [0.15, 0.2) is 0 Å². The van der Waals surface area contributed by atoms with Crippen molar-refractivity contribution in [2.24, 2.45) is 17.8 Å². The molecule has 0 aromatic heterocycles. The zero-order chi connectivity index (χ0) is 24.0. The van der Waals surface area contributed by atoms with Crippen molar-refractivity contribution in [2.75, 3.05) is 32.7 Å². The minimum Gasteiger partial charge on any atom is -0.316 e. The number of hydrogen-bond donors (Lipinski definition) is 1. The Morgan fingerprint density at radius 1 is 0.788 bits per heavy atom. The molecule has 0 aliphatic carbocycles. The molecule has 0 saturated carbocycles. The number of hydrogen-bond acceptors (Lipinski definition) is 2. The van der Waals surface area contributed by atoms with Crippen molar-refractivity contribution in [3.63, 3.8) is 0 Å². The molecule has 0 aromatic carbocycles. The Kier molecular flexibility index (Phi) is 20.3. The first-order valence-corrected chi connectivity index (χ1v) is 15.1. The third-order valence-corrected chi connectivity index (χ3v) is 7.60. The number of nitrogens with one attached hydrogen (secondary N) is 1. The van der Waals surface area contributed by atoms with Crippen LogP contribution in [0, 0.1) is 29.6 Å². The van der Waals surface area contributed by atoms with Crippen LogP contribution in [0.4, 0.5) is 0 Å². The van der Waals surface area contributed by atoms with Crippen molar-refractivity contribution < 1.29 is 0 Å². The smallest absolute Gasteiger partial charge is 0.0217 e. The molecule has 1 N–H and O–H groups in total. The molecule has 194 valence electrons. The molecule has 1 heterocycles. The summed E-state index contributed by atoms with van der Waals surface area (Å²) in [4.78, 5) is 2.66. The largest absolute Gasteiger partial charge is 0.316 e. The molecular weight excluding hydrogens is 400 g/mol. The minimum atomic E-state index is 0.652. The van der Waals surface area contributed by atoms with Crippen molar-refractivity contribution in [3.05, 3.63) is 0 Å². The summed E-state index contributed by atoms with van der Waals surface area (Å²) >= 11 is 0. The Bertz CT molecular complexity index is 469. The molecule has 0 aromatic rings. The average molecular weight is 461 g/mol. The second kappa shape index (κ2) is 22.0. The topological polar surface area (TPSA) is 15.3 Å². The van der Waals surface area contributed by atoms with Crippen LogP contribution in [-0.2, 0) is 0 Å². The van der Waals surface area contributed by atoms with Gasteiger partial charge in [0.1, 0.15) is 0 Å². The van der Waals surface area contributed by atoms with Crippen LogP contribution in [0.5, 0.6) is 0 Å². The molecule has 1 fully saturated rings. The third kappa shape index (κ3) is 17.6. The van der Waals surface area contributed by atoms with Crippen LogP contribution in [0.25, 0.3) is 0 Å². The van der Waals surface area contributed by atoms with Crippen LogP contribution >= 0.6 is 0 Å². The molecule has 0 spiro atoms. The Morgan fingerprint density at radius 2 is 1.36 bits per heavy atom. The summed E-state index contributed by atoms with van der Waals surface area (Å²) in [5.41, 5.74) is 0. The summed E-state index contributed by atoms with van der Waals surface area (Å²) in [5.74, 6) is 9.62. The maximum absolute atomic E-state index is 3.78. The maximum Gasteiger partial charge on any atom is 0.0217 e. The molecule has 0 bridgehead atoms. The summed E-state index contributed by atoms with van der Waals surface area (Å²) in [6.45, 7) is 15.5. The highest BCUT2D eigenvalue weighted by Crippen LogP contribution is 2.19. The molecular formula is C31H60N2. The fourth-order valence-electron chi connectivity index (χ4n) is 5.15. The molecule has 1 rings (SSSR count). The van der Waals surface area contributed by atoms with Crippen molar-refractivity contribution in [1.29, 1.82) is 0 Å². The summed E-state index contributed by atoms with van der Waals surface area (Å²) in [6.07, 6.45) is 23.0. The number of likely N-dealkylation sites (tertiary alicyclic amines) is 1. The van der Waals surface area contributed by atoms with E-state index in [-0.39, 0.29) is 0 Å². The zero-order valence-electron chi connectivity index (χ0n) is 23.2. The van der Waals surface area contributed by atoms with Crippen LogP contribution in [0.1, 0.15) is 137 Å². The fourth-order valence-corrected chi connectivity index (χ4v) is 5.15. The SMILES string of the molecule is CCCCCCC(C)CNCC1CCN(CCC#CC(CCCCC)CCCCCC)CC1. The highest BCUT2D eigenvalue weighted by atomic mass is 15.1. The summed E-state index contributed by atoms with van der Waals surface area (Å²) in [6, 6.07) is 0. The molecule has 0 amide bonds. The van der Waals surface area contributed by atoms with Gasteiger partial charge < -0.3 is 10.2 Å². The molecule has 2 atom stereocenters. The Labute approximate surface area is 209 Å². The lowest BCUT2D eigenvalue weighted by atomic mass is 9.95. The maximum atomic E-state index is 3.78. The van der Waals surface area contributed by atoms with E-state index in [1.807, 2.05) is 0 Å². The molecule has 1 aliphatic heterocycles. The highest BCUT2D eigenvalue weighted by molar-refractivity contribution is 5.04. The van der Waals surface area contributed by atoms with Gasteiger partial charge in [-0.25, -0.2) is 0 Å². The van der Waals surface area contributed by atoms with E-state index in [9.17, 15) is 0 Å². The first-order valence-electron chi connectivity index (χ1n) is 15.1. The van der Waals surface area contributed by atoms with E-state index in [2.05, 4.69) is 49.8 Å². The van der Waals surface area contributed by atoms with Crippen molar-refractivity contribution >= 4 is 0 Å². The lowest BCUT2D eigenvalue weighted by molar-refractivity contribution is 0.184. The summed E-state index contributed by atoms with van der Waals surface area (Å²) in [5, 5.41) is 3.78. The van der Waals surface area contributed by atoms with Gasteiger partial charge in [-0.3, -0.25) is 0 Å². The van der Waals surface area contributed by atoms with Crippen LogP contribution in [-0.4, -0.2) is 37.6 Å². The van der Waals surface area contributed by atoms with E-state index < -0.39 is 0 Å². The quantitative estimate of drug-likeness (QED) is 0.145. The van der Waals surface area contributed by atoms with Crippen molar-refractivity contribution in [1.82, 2.24) is 10.2 Å². The van der Waals surface area contributed by atoms with Crippen molar-refractivity contribution in [2.45, 2.75) is 137 Å². The van der Waals surface area contributed by atoms with Gasteiger partial charge in [0.25, 0.3) is 0 Å². The van der Waals surface area contributed by atoms with Gasteiger partial charge in [-0.15, -0.1) is 5.92 Å². The van der Waals surface area contributed by atoms with Crippen LogP contribution in [0.15, 0.2) is 0 Å². The van der Waals surface area contributed by atoms with Crippen molar-refractivity contribution in [3.8, 4) is 11.8 Å². The Balaban J connectivity index is 2.15. The van der Waals surface area contributed by atoms with Gasteiger partial charge in [-0.05, 0) is 70.1 Å². The van der Waals surface area contributed by atoms with Gasteiger partial charge in [0, 0.05) is 18.9 Å². The molecule has 2 unspecified atom stereocenters. The van der Waals surface area contributed by atoms with E-state index in [1.165, 1.54) is 135 Å². The monoisotopic (exact) mass is 460 g/mol. The van der Waals surface area contributed by atoms with E-state index >= 15 is 0 Å². The first kappa shape index (κ1) is 30.5. The predicted octanol–water partition coefficient (Wildman–Crippen LogP) is 8.45. The van der Waals surface area contributed by atoms with Gasteiger partial charge in [-0.2, -0.15) is 0 Å². The fraction of sp³-hybridized carbons (Fsp3) is 0.935. The lowest BCUT2D eigenvalue weighted by Crippen LogP contribution is -2.38. The molecule has 1 saturated heterocycles. The summed E-state index contributed by atoms with van der Waals surface area (Å²) in [7, 11) is 0. The van der Waals surface area contributed by atoms with E-state index in [4.69, 9.17) is 0 Å². The van der Waals surface area contributed by atoms with Gasteiger partial charge in [-0.1, -0.05) is 104 Å². The molecule has 0 radical (unpaired) electrons. The van der Waals surface area contributed by atoms with Crippen LogP contribution in [0.2, 0.25) is 0 Å². The highest BCUT2D eigenvalue weighted by Gasteiger charge is 2.18. The molecule has 1 aliphatic rings. The molecule has 2 heteroatoms. The zero-order valence-corrected chi connectivity index (χ0v) is 23.2. The number of rotatable bonds is 20. The normalized spacial score (nSPS) is 17.0. The van der Waals surface area contributed by atoms with Gasteiger partial charge in [0.05, 0.1) is 0 Å². The van der Waals surface area contributed by atoms with E-state index in [0.29, 0.717) is 5.92 Å². The van der Waals surface area contributed by atoms with E-state index in [0.717, 1.165) is 18.3 Å². The second-order valence-corrected chi connectivity index (χ2v) is 11.0. The minimum absolute atomic E-state index is 0.652. The Hall–Kier alpha value is -0.520. The number of piperidine rings is 1. The third-order valence-electron chi connectivity index (χ3n) is 7.60. The number of nitrogens with zero attached hydrogens (tertiary/aromatic N) is 1. The second-order valence-electron chi connectivity index (χ2n) is 11.0. The van der Waals surface area contributed by atoms with E-state index in [1.54, 1.807) is 0 Å². The lowest BCUT2D eigenvalue weighted by Gasteiger charge is -2.31. The number of unbranched alkanes of at least 4 members (excludes halogenated alkanes) is 8. The average Bonchev–Trinajstić information content (AvgIpc) is 2.83. The summed E-state index contributed by atoms with van der Waals surface area (Å²) < 4.78 is 0. The van der Waals surface area contributed by atoms with Crippen LogP contribution in [0.3, 0.4) is 0 Å². The standard InChI is InChI=1S/C31H60N2/c1-5-8-11-14-18-29(4)27-32-28-31-22-25-33(26-23-31)24-17-16-21-30(19-13-10-7-3)20-15-12-9-6-2/h29-32H,5-15,17-20,22-28H2,1-4H3. The Morgan fingerprint density at radius 3 is 2.00 bits per heavy atom. The predicted molar refractivity (Wildman–Crippen MR) is 149 cm³/mol. The van der Waals surface area contributed by atoms with Gasteiger partial charge >= 0.3 is 0 Å². The molecule has 33 heavy (non-hydrogen) atoms. The first-order chi connectivity index (χ1) is 16.2. The van der Waals surface area contributed by atoms with Gasteiger partial charge in [0.2, 0.25) is 0 Å².